The van der Waals surface area contributed by atoms with Gasteiger partial charge in [-0.1, -0.05) is 24.3 Å². The topological polar surface area (TPSA) is 56.8 Å². The second-order valence-corrected chi connectivity index (χ2v) is 6.82. The van der Waals surface area contributed by atoms with Gasteiger partial charge in [0.2, 0.25) is 0 Å². The average Bonchev–Trinajstić information content (AvgIpc) is 2.71. The molecule has 2 aromatic rings. The van der Waals surface area contributed by atoms with Gasteiger partial charge in [0.1, 0.15) is 12.4 Å². The van der Waals surface area contributed by atoms with E-state index in [4.69, 9.17) is 14.2 Å². The molecule has 144 valence electrons. The quantitative estimate of drug-likeness (QED) is 0.773. The van der Waals surface area contributed by atoms with E-state index in [1.165, 1.54) is 24.0 Å². The van der Waals surface area contributed by atoms with Crippen molar-refractivity contribution in [3.05, 3.63) is 53.6 Å². The smallest absolute Gasteiger partial charge is 0.258 e. The Labute approximate surface area is 160 Å². The highest BCUT2D eigenvalue weighted by Gasteiger charge is 2.15. The van der Waals surface area contributed by atoms with Crippen LogP contribution in [0.1, 0.15) is 30.9 Å². The van der Waals surface area contributed by atoms with Gasteiger partial charge in [0.15, 0.2) is 18.1 Å². The van der Waals surface area contributed by atoms with Gasteiger partial charge in [-0.25, -0.2) is 0 Å². The Morgan fingerprint density at radius 3 is 2.56 bits per heavy atom. The van der Waals surface area contributed by atoms with Crippen molar-refractivity contribution in [1.29, 1.82) is 0 Å². The number of methoxy groups -OCH3 is 1. The van der Waals surface area contributed by atoms with E-state index in [9.17, 15) is 4.79 Å². The normalized spacial score (nSPS) is 14.0. The largest absolute Gasteiger partial charge is 0.493 e. The van der Waals surface area contributed by atoms with Gasteiger partial charge in [-0.15, -0.1) is 0 Å². The minimum Gasteiger partial charge on any atom is -0.493 e. The van der Waals surface area contributed by atoms with Gasteiger partial charge in [0.25, 0.3) is 5.91 Å². The minimum atomic E-state index is -0.153. The van der Waals surface area contributed by atoms with E-state index >= 15 is 0 Å². The maximum absolute atomic E-state index is 12.2. The van der Waals surface area contributed by atoms with Crippen LogP contribution in [0.5, 0.6) is 17.2 Å². The van der Waals surface area contributed by atoms with Crippen LogP contribution in [0.25, 0.3) is 0 Å². The van der Waals surface area contributed by atoms with Crippen LogP contribution >= 0.6 is 0 Å². The molecule has 0 fully saturated rings. The summed E-state index contributed by atoms with van der Waals surface area (Å²) in [4.78, 5) is 12.2. The van der Waals surface area contributed by atoms with E-state index in [1.54, 1.807) is 7.11 Å². The van der Waals surface area contributed by atoms with Crippen molar-refractivity contribution in [1.82, 2.24) is 5.32 Å². The number of carbonyl (C=O) groups is 1. The number of hydrogen-bond acceptors (Lipinski definition) is 4. The number of ether oxygens (including phenoxy) is 3. The minimum absolute atomic E-state index is 0.00938. The fourth-order valence-corrected chi connectivity index (χ4v) is 3.34. The lowest BCUT2D eigenvalue weighted by Gasteiger charge is -2.20. The van der Waals surface area contributed by atoms with Crippen LogP contribution in [-0.4, -0.2) is 32.3 Å². The number of nitrogens with one attached hydrogen (secondary N) is 1. The molecule has 1 aliphatic rings. The number of rotatable bonds is 8. The van der Waals surface area contributed by atoms with E-state index in [0.717, 1.165) is 18.6 Å². The molecule has 0 aromatic heterocycles. The zero-order chi connectivity index (χ0) is 19.1. The highest BCUT2D eigenvalue weighted by molar-refractivity contribution is 5.77. The maximum Gasteiger partial charge on any atom is 0.258 e. The van der Waals surface area contributed by atoms with E-state index < -0.39 is 0 Å². The molecule has 0 heterocycles. The predicted molar refractivity (Wildman–Crippen MR) is 105 cm³/mol. The molecule has 5 nitrogen and oxygen atoms in total. The molecule has 1 atom stereocenters. The van der Waals surface area contributed by atoms with Crippen LogP contribution in [0.4, 0.5) is 0 Å². The first-order chi connectivity index (χ1) is 13.2. The first-order valence-electron chi connectivity index (χ1n) is 9.46. The second-order valence-electron chi connectivity index (χ2n) is 6.82. The lowest BCUT2D eigenvalue weighted by atomic mass is 9.91. The van der Waals surface area contributed by atoms with Crippen LogP contribution in [0.3, 0.4) is 0 Å². The summed E-state index contributed by atoms with van der Waals surface area (Å²) in [5.74, 6) is 2.02. The number of benzene rings is 2. The Morgan fingerprint density at radius 2 is 1.74 bits per heavy atom. The van der Waals surface area contributed by atoms with Crippen LogP contribution in [-0.2, 0) is 17.6 Å². The molecule has 0 spiro atoms. The third-order valence-electron chi connectivity index (χ3n) is 4.68. The third kappa shape index (κ3) is 5.16. The van der Waals surface area contributed by atoms with Gasteiger partial charge in [-0.2, -0.15) is 0 Å². The standard InChI is InChI=1S/C22H27NO4/c1-16(14-26-21-12-6-5-11-20(21)25-2)23-22(24)15-27-19-13-7-9-17-8-3-4-10-18(17)19/h5-7,9,11-13,16H,3-4,8,10,14-15H2,1-2H3,(H,23,24)/t16-/m0/s1. The van der Waals surface area contributed by atoms with Gasteiger partial charge in [-0.05, 0) is 61.9 Å². The Morgan fingerprint density at radius 1 is 1.00 bits per heavy atom. The van der Waals surface area contributed by atoms with Crippen molar-refractivity contribution < 1.29 is 19.0 Å². The Bertz CT molecular complexity index is 775. The molecule has 27 heavy (non-hydrogen) atoms. The summed E-state index contributed by atoms with van der Waals surface area (Å²) in [6.45, 7) is 2.26. The zero-order valence-electron chi connectivity index (χ0n) is 16.0. The number of para-hydroxylation sites is 2. The Balaban J connectivity index is 1.47. The van der Waals surface area contributed by atoms with E-state index in [1.807, 2.05) is 43.3 Å². The maximum atomic E-state index is 12.2. The number of hydrogen-bond donors (Lipinski definition) is 1. The van der Waals surface area contributed by atoms with Gasteiger partial charge in [-0.3, -0.25) is 4.79 Å². The third-order valence-corrected chi connectivity index (χ3v) is 4.68. The number of aryl methyl sites for hydroxylation is 1. The molecule has 0 saturated carbocycles. The van der Waals surface area contributed by atoms with Crippen molar-refractivity contribution in [2.75, 3.05) is 20.3 Å². The van der Waals surface area contributed by atoms with Crippen molar-refractivity contribution >= 4 is 5.91 Å². The van der Waals surface area contributed by atoms with Crippen molar-refractivity contribution in [2.45, 2.75) is 38.6 Å². The van der Waals surface area contributed by atoms with Gasteiger partial charge in [0, 0.05) is 0 Å². The molecule has 1 N–H and O–H groups in total. The number of amides is 1. The Hall–Kier alpha value is -2.69. The summed E-state index contributed by atoms with van der Waals surface area (Å²) < 4.78 is 16.8. The van der Waals surface area contributed by atoms with Crippen molar-refractivity contribution in [3.8, 4) is 17.2 Å². The van der Waals surface area contributed by atoms with E-state index in [-0.39, 0.29) is 18.6 Å². The molecule has 2 aromatic carbocycles. The second kappa shape index (κ2) is 9.31. The molecule has 0 saturated heterocycles. The lowest BCUT2D eigenvalue weighted by Crippen LogP contribution is -2.39. The summed E-state index contributed by atoms with van der Waals surface area (Å²) in [5, 5.41) is 2.91. The Kier molecular flexibility index (Phi) is 6.58. The van der Waals surface area contributed by atoms with Crippen LogP contribution < -0.4 is 19.5 Å². The molecule has 5 heteroatoms. The summed E-state index contributed by atoms with van der Waals surface area (Å²) in [6.07, 6.45) is 4.52. The molecular formula is C22H27NO4. The number of fused-ring (bicyclic) bond motifs is 1. The molecule has 1 amide bonds. The van der Waals surface area contributed by atoms with Crippen molar-refractivity contribution in [3.63, 3.8) is 0 Å². The highest BCUT2D eigenvalue weighted by Crippen LogP contribution is 2.29. The fraction of sp³-hybridized carbons (Fsp3) is 0.409. The van der Waals surface area contributed by atoms with Crippen molar-refractivity contribution in [2.24, 2.45) is 0 Å². The number of carbonyl (C=O) groups excluding carboxylic acids is 1. The molecular weight excluding hydrogens is 342 g/mol. The average molecular weight is 369 g/mol. The lowest BCUT2D eigenvalue weighted by molar-refractivity contribution is -0.123. The highest BCUT2D eigenvalue weighted by atomic mass is 16.5. The van der Waals surface area contributed by atoms with Crippen LogP contribution in [0, 0.1) is 0 Å². The summed E-state index contributed by atoms with van der Waals surface area (Å²) >= 11 is 0. The molecule has 0 bridgehead atoms. The van der Waals surface area contributed by atoms with Gasteiger partial charge in [0.05, 0.1) is 13.2 Å². The van der Waals surface area contributed by atoms with Crippen LogP contribution in [0.2, 0.25) is 0 Å². The summed E-state index contributed by atoms with van der Waals surface area (Å²) in [7, 11) is 1.60. The first-order valence-corrected chi connectivity index (χ1v) is 9.46. The predicted octanol–water partition coefficient (Wildman–Crippen LogP) is 3.54. The van der Waals surface area contributed by atoms with Crippen LogP contribution in [0.15, 0.2) is 42.5 Å². The van der Waals surface area contributed by atoms with E-state index in [2.05, 4.69) is 11.4 Å². The molecule has 3 rings (SSSR count). The zero-order valence-corrected chi connectivity index (χ0v) is 16.0. The SMILES string of the molecule is COc1ccccc1OC[C@H](C)NC(=O)COc1cccc2c1CCCC2. The van der Waals surface area contributed by atoms with Gasteiger partial charge < -0.3 is 19.5 Å². The van der Waals surface area contributed by atoms with Gasteiger partial charge >= 0.3 is 0 Å². The molecule has 0 aliphatic heterocycles. The fourth-order valence-electron chi connectivity index (χ4n) is 3.34. The molecule has 1 aliphatic carbocycles. The molecule has 0 unspecified atom stereocenters. The molecule has 0 radical (unpaired) electrons. The monoisotopic (exact) mass is 369 g/mol. The first kappa shape index (κ1) is 19.1. The van der Waals surface area contributed by atoms with E-state index in [0.29, 0.717) is 18.1 Å². The summed E-state index contributed by atoms with van der Waals surface area (Å²) in [6, 6.07) is 13.4. The summed E-state index contributed by atoms with van der Waals surface area (Å²) in [5.41, 5.74) is 2.60.